The standard InChI is InChI=1S/C26H21NO6/c28-19-8-4-7-17(13-19)23-22(24(29)18-9-10-20-21(14-18)33-12-11-32-20)25(30)26(31)27(23)15-16-5-2-1-3-6-16/h1-10,13-14,23,28-29H,11-12,15H2. The van der Waals surface area contributed by atoms with Gasteiger partial charge in [0, 0.05) is 12.1 Å². The number of aliphatic hydroxyl groups excluding tert-OH is 1. The molecule has 2 heterocycles. The number of ketones is 1. The van der Waals surface area contributed by atoms with Crippen molar-refractivity contribution in [2.45, 2.75) is 12.6 Å². The molecule has 1 atom stereocenters. The predicted molar refractivity (Wildman–Crippen MR) is 120 cm³/mol. The first-order chi connectivity index (χ1) is 16.0. The van der Waals surface area contributed by atoms with Crippen molar-refractivity contribution in [2.24, 2.45) is 0 Å². The van der Waals surface area contributed by atoms with Gasteiger partial charge in [-0.25, -0.2) is 0 Å². The number of phenolic OH excluding ortho intramolecular Hbond substituents is 1. The van der Waals surface area contributed by atoms with Crippen LogP contribution in [0, 0.1) is 0 Å². The molecule has 0 saturated carbocycles. The van der Waals surface area contributed by atoms with Crippen LogP contribution in [0.4, 0.5) is 0 Å². The maximum atomic E-state index is 13.2. The van der Waals surface area contributed by atoms with Crippen molar-refractivity contribution in [2.75, 3.05) is 13.2 Å². The highest BCUT2D eigenvalue weighted by Crippen LogP contribution is 2.42. The first kappa shape index (κ1) is 20.6. The molecule has 166 valence electrons. The highest BCUT2D eigenvalue weighted by atomic mass is 16.6. The molecule has 3 aromatic carbocycles. The van der Waals surface area contributed by atoms with E-state index in [0.29, 0.717) is 35.8 Å². The molecule has 0 radical (unpaired) electrons. The third kappa shape index (κ3) is 3.78. The Hall–Kier alpha value is -4.26. The number of carbonyl (C=O) groups is 2. The van der Waals surface area contributed by atoms with Gasteiger partial charge >= 0.3 is 0 Å². The zero-order valence-electron chi connectivity index (χ0n) is 17.6. The Bertz CT molecular complexity index is 1270. The largest absolute Gasteiger partial charge is 0.508 e. The van der Waals surface area contributed by atoms with Gasteiger partial charge in [0.1, 0.15) is 24.7 Å². The summed E-state index contributed by atoms with van der Waals surface area (Å²) in [6.45, 7) is 0.978. The van der Waals surface area contributed by atoms with E-state index in [1.54, 1.807) is 30.3 Å². The van der Waals surface area contributed by atoms with E-state index >= 15 is 0 Å². The quantitative estimate of drug-likeness (QED) is 0.362. The topological polar surface area (TPSA) is 96.3 Å². The zero-order valence-corrected chi connectivity index (χ0v) is 17.6. The van der Waals surface area contributed by atoms with Crippen molar-refractivity contribution in [1.29, 1.82) is 0 Å². The van der Waals surface area contributed by atoms with Crippen LogP contribution in [0.5, 0.6) is 17.2 Å². The fraction of sp³-hybridized carbons (Fsp3) is 0.154. The second kappa shape index (κ2) is 8.35. The Morgan fingerprint density at radius 3 is 2.42 bits per heavy atom. The summed E-state index contributed by atoms with van der Waals surface area (Å²) in [6, 6.07) is 19.6. The van der Waals surface area contributed by atoms with Crippen LogP contribution in [0.2, 0.25) is 0 Å². The average Bonchev–Trinajstić information content (AvgIpc) is 3.09. The number of fused-ring (bicyclic) bond motifs is 1. The van der Waals surface area contributed by atoms with Crippen molar-refractivity contribution < 1.29 is 29.3 Å². The smallest absolute Gasteiger partial charge is 0.295 e. The molecule has 1 amide bonds. The highest BCUT2D eigenvalue weighted by molar-refractivity contribution is 6.46. The Labute approximate surface area is 190 Å². The van der Waals surface area contributed by atoms with Gasteiger partial charge in [0.15, 0.2) is 11.5 Å². The molecule has 0 aliphatic carbocycles. The molecule has 1 fully saturated rings. The Morgan fingerprint density at radius 1 is 0.909 bits per heavy atom. The third-order valence-electron chi connectivity index (χ3n) is 5.74. The Balaban J connectivity index is 1.64. The van der Waals surface area contributed by atoms with Crippen LogP contribution < -0.4 is 9.47 Å². The summed E-state index contributed by atoms with van der Waals surface area (Å²) in [5, 5.41) is 21.3. The van der Waals surface area contributed by atoms with Gasteiger partial charge in [0.2, 0.25) is 0 Å². The lowest BCUT2D eigenvalue weighted by atomic mass is 9.95. The molecule has 0 bridgehead atoms. The van der Waals surface area contributed by atoms with E-state index in [4.69, 9.17) is 9.47 Å². The molecule has 7 heteroatoms. The highest BCUT2D eigenvalue weighted by Gasteiger charge is 2.46. The van der Waals surface area contributed by atoms with Crippen LogP contribution in [0.1, 0.15) is 22.7 Å². The minimum Gasteiger partial charge on any atom is -0.508 e. The molecule has 1 saturated heterocycles. The van der Waals surface area contributed by atoms with Gasteiger partial charge < -0.3 is 24.6 Å². The first-order valence-electron chi connectivity index (χ1n) is 10.5. The van der Waals surface area contributed by atoms with Crippen LogP contribution in [-0.2, 0) is 16.1 Å². The summed E-state index contributed by atoms with van der Waals surface area (Å²) >= 11 is 0. The van der Waals surface area contributed by atoms with Gasteiger partial charge in [0.05, 0.1) is 11.6 Å². The monoisotopic (exact) mass is 443 g/mol. The molecular formula is C26H21NO6. The molecule has 3 aromatic rings. The number of nitrogens with zero attached hydrogens (tertiary/aromatic N) is 1. The maximum absolute atomic E-state index is 13.2. The molecule has 1 unspecified atom stereocenters. The molecule has 2 N–H and O–H groups in total. The summed E-state index contributed by atoms with van der Waals surface area (Å²) in [7, 11) is 0. The summed E-state index contributed by atoms with van der Waals surface area (Å²) in [5.74, 6) is -0.811. The van der Waals surface area contributed by atoms with Crippen molar-refractivity contribution >= 4 is 17.4 Å². The van der Waals surface area contributed by atoms with E-state index in [1.165, 1.54) is 17.0 Å². The number of benzene rings is 3. The number of amides is 1. The van der Waals surface area contributed by atoms with E-state index in [2.05, 4.69) is 0 Å². The van der Waals surface area contributed by atoms with E-state index in [0.717, 1.165) is 5.56 Å². The zero-order chi connectivity index (χ0) is 22.9. The maximum Gasteiger partial charge on any atom is 0.295 e. The number of carbonyl (C=O) groups excluding carboxylic acids is 2. The molecule has 2 aliphatic rings. The molecular weight excluding hydrogens is 422 g/mol. The van der Waals surface area contributed by atoms with Gasteiger partial charge in [0.25, 0.3) is 11.7 Å². The van der Waals surface area contributed by atoms with Gasteiger partial charge in [-0.2, -0.15) is 0 Å². The van der Waals surface area contributed by atoms with E-state index < -0.39 is 17.7 Å². The van der Waals surface area contributed by atoms with Crippen molar-refractivity contribution in [3.63, 3.8) is 0 Å². The van der Waals surface area contributed by atoms with Gasteiger partial charge in [-0.1, -0.05) is 42.5 Å². The number of aromatic hydroxyl groups is 1. The molecule has 7 nitrogen and oxygen atoms in total. The van der Waals surface area contributed by atoms with Crippen LogP contribution in [-0.4, -0.2) is 40.0 Å². The third-order valence-corrected chi connectivity index (χ3v) is 5.74. The van der Waals surface area contributed by atoms with E-state index in [-0.39, 0.29) is 23.6 Å². The molecule has 2 aliphatic heterocycles. The number of hydrogen-bond donors (Lipinski definition) is 2. The van der Waals surface area contributed by atoms with Gasteiger partial charge in [-0.15, -0.1) is 0 Å². The SMILES string of the molecule is O=C1C(=O)N(Cc2ccccc2)C(c2cccc(O)c2)C1=C(O)c1ccc2c(c1)OCCO2. The average molecular weight is 443 g/mol. The second-order valence-electron chi connectivity index (χ2n) is 7.87. The van der Waals surface area contributed by atoms with Crippen LogP contribution in [0.15, 0.2) is 78.4 Å². The van der Waals surface area contributed by atoms with Crippen molar-refractivity contribution in [3.05, 3.63) is 95.1 Å². The lowest BCUT2D eigenvalue weighted by Gasteiger charge is -2.25. The summed E-state index contributed by atoms with van der Waals surface area (Å²) in [5.41, 5.74) is 1.65. The Morgan fingerprint density at radius 2 is 1.67 bits per heavy atom. The number of Topliss-reactive ketones (excluding diaryl/α,β-unsaturated/α-hetero) is 1. The normalized spacial score (nSPS) is 19.0. The Kier molecular flexibility index (Phi) is 5.22. The predicted octanol–water partition coefficient (Wildman–Crippen LogP) is 3.79. The van der Waals surface area contributed by atoms with E-state index in [9.17, 15) is 19.8 Å². The summed E-state index contributed by atoms with van der Waals surface area (Å²) < 4.78 is 11.1. The lowest BCUT2D eigenvalue weighted by molar-refractivity contribution is -0.140. The fourth-order valence-electron chi connectivity index (χ4n) is 4.21. The molecule has 33 heavy (non-hydrogen) atoms. The lowest BCUT2D eigenvalue weighted by Crippen LogP contribution is -2.29. The number of hydrogen-bond acceptors (Lipinski definition) is 6. The van der Waals surface area contributed by atoms with Crippen molar-refractivity contribution in [1.82, 2.24) is 4.90 Å². The number of likely N-dealkylation sites (tertiary alicyclic amines) is 1. The van der Waals surface area contributed by atoms with Gasteiger partial charge in [-0.05, 0) is 41.5 Å². The minimum atomic E-state index is -0.870. The summed E-state index contributed by atoms with van der Waals surface area (Å²) in [6.07, 6.45) is 0. The number of rotatable bonds is 4. The first-order valence-corrected chi connectivity index (χ1v) is 10.5. The van der Waals surface area contributed by atoms with Gasteiger partial charge in [-0.3, -0.25) is 9.59 Å². The number of aliphatic hydroxyl groups is 1. The summed E-state index contributed by atoms with van der Waals surface area (Å²) in [4.78, 5) is 27.6. The molecule has 0 aromatic heterocycles. The van der Waals surface area contributed by atoms with E-state index in [1.807, 2.05) is 30.3 Å². The number of ether oxygens (including phenoxy) is 2. The minimum absolute atomic E-state index is 0.00266. The number of phenols is 1. The fourth-order valence-corrected chi connectivity index (χ4v) is 4.21. The van der Waals surface area contributed by atoms with Crippen LogP contribution in [0.25, 0.3) is 5.76 Å². The van der Waals surface area contributed by atoms with Crippen molar-refractivity contribution in [3.8, 4) is 17.2 Å². The second-order valence-corrected chi connectivity index (χ2v) is 7.87. The van der Waals surface area contributed by atoms with Crippen LogP contribution in [0.3, 0.4) is 0 Å². The van der Waals surface area contributed by atoms with Crippen LogP contribution >= 0.6 is 0 Å². The molecule has 0 spiro atoms. The molecule has 5 rings (SSSR count).